The molecule has 0 unspecified atom stereocenters. The molecule has 1 aliphatic rings. The van der Waals surface area contributed by atoms with Crippen LogP contribution in [0.1, 0.15) is 5.69 Å². The number of anilines is 1. The van der Waals surface area contributed by atoms with E-state index < -0.39 is 10.0 Å². The van der Waals surface area contributed by atoms with Crippen molar-refractivity contribution < 1.29 is 18.3 Å². The zero-order valence-electron chi connectivity index (χ0n) is 10.4. The van der Waals surface area contributed by atoms with Crippen molar-refractivity contribution in [2.24, 2.45) is 5.92 Å². The van der Waals surface area contributed by atoms with E-state index in [9.17, 15) is 13.2 Å². The molecule has 1 fully saturated rings. The molecule has 0 aliphatic carbocycles. The predicted octanol–water partition coefficient (Wildman–Crippen LogP) is -0.492. The topological polar surface area (TPSA) is 99.6 Å². The lowest BCUT2D eigenvalue weighted by molar-refractivity contribution is -0.137. The van der Waals surface area contributed by atoms with E-state index >= 15 is 0 Å². The average molecular weight is 305 g/mol. The molecule has 9 heteroatoms. The smallest absolute Gasteiger partial charge is 0.231 e. The molecule has 19 heavy (non-hydrogen) atoms. The molecule has 0 aromatic carbocycles. The summed E-state index contributed by atoms with van der Waals surface area (Å²) in [6, 6.07) is 0. The van der Waals surface area contributed by atoms with Gasteiger partial charge < -0.3 is 10.0 Å². The van der Waals surface area contributed by atoms with Gasteiger partial charge in [0.1, 0.15) is 0 Å². The molecule has 7 nitrogen and oxygen atoms in total. The minimum Gasteiger partial charge on any atom is -0.396 e. The van der Waals surface area contributed by atoms with Crippen LogP contribution in [0.3, 0.4) is 0 Å². The van der Waals surface area contributed by atoms with E-state index in [0.29, 0.717) is 18.8 Å². The van der Waals surface area contributed by atoms with Gasteiger partial charge in [-0.2, -0.15) is 0 Å². The summed E-state index contributed by atoms with van der Waals surface area (Å²) < 4.78 is 24.3. The maximum atomic E-state index is 11.8. The normalized spacial score (nSPS) is 16.2. The van der Waals surface area contributed by atoms with Crippen molar-refractivity contribution in [1.29, 1.82) is 0 Å². The Balaban J connectivity index is 1.88. The van der Waals surface area contributed by atoms with Gasteiger partial charge in [0.05, 0.1) is 18.4 Å². The summed E-state index contributed by atoms with van der Waals surface area (Å²) in [4.78, 5) is 17.5. The maximum absolute atomic E-state index is 11.8. The number of thiazole rings is 1. The van der Waals surface area contributed by atoms with Crippen molar-refractivity contribution in [2.45, 2.75) is 6.42 Å². The minimum atomic E-state index is -3.34. The SMILES string of the molecule is CS(=O)(=O)Nc1nc(CC(=O)N2CC(CO)C2)cs1. The summed E-state index contributed by atoms with van der Waals surface area (Å²) in [5.74, 6) is 0.128. The summed E-state index contributed by atoms with van der Waals surface area (Å²) >= 11 is 1.15. The zero-order chi connectivity index (χ0) is 14.0. The molecule has 2 N–H and O–H groups in total. The second-order valence-electron chi connectivity index (χ2n) is 4.54. The van der Waals surface area contributed by atoms with Crippen LogP contribution in [-0.4, -0.2) is 55.3 Å². The van der Waals surface area contributed by atoms with Crippen LogP contribution >= 0.6 is 11.3 Å². The van der Waals surface area contributed by atoms with Gasteiger partial charge in [-0.1, -0.05) is 0 Å². The van der Waals surface area contributed by atoms with E-state index in [1.54, 1.807) is 10.3 Å². The molecule has 1 aliphatic heterocycles. The number of aliphatic hydroxyl groups excluding tert-OH is 1. The van der Waals surface area contributed by atoms with E-state index in [-0.39, 0.29) is 30.0 Å². The highest BCUT2D eigenvalue weighted by Crippen LogP contribution is 2.19. The first-order valence-electron chi connectivity index (χ1n) is 5.68. The molecule has 2 heterocycles. The monoisotopic (exact) mass is 305 g/mol. The number of carbonyl (C=O) groups is 1. The minimum absolute atomic E-state index is 0.0547. The quantitative estimate of drug-likeness (QED) is 0.764. The molecule has 1 saturated heterocycles. The van der Waals surface area contributed by atoms with Gasteiger partial charge in [-0.25, -0.2) is 13.4 Å². The molecule has 0 atom stereocenters. The number of likely N-dealkylation sites (tertiary alicyclic amines) is 1. The molecule has 0 radical (unpaired) electrons. The molecule has 0 saturated carbocycles. The first-order chi connectivity index (χ1) is 8.87. The van der Waals surface area contributed by atoms with Gasteiger partial charge in [0.2, 0.25) is 15.9 Å². The highest BCUT2D eigenvalue weighted by Gasteiger charge is 2.30. The first kappa shape index (κ1) is 14.2. The first-order valence-corrected chi connectivity index (χ1v) is 8.45. The van der Waals surface area contributed by atoms with Crippen LogP contribution in [-0.2, 0) is 21.2 Å². The third-order valence-corrected chi connectivity index (χ3v) is 4.22. The van der Waals surface area contributed by atoms with Crippen LogP contribution in [0.25, 0.3) is 0 Å². The number of rotatable bonds is 5. The molecule has 0 spiro atoms. The fraction of sp³-hybridized carbons (Fsp3) is 0.600. The van der Waals surface area contributed by atoms with E-state index in [0.717, 1.165) is 17.6 Å². The van der Waals surface area contributed by atoms with Crippen LogP contribution in [0.2, 0.25) is 0 Å². The molecule has 106 valence electrons. The highest BCUT2D eigenvalue weighted by molar-refractivity contribution is 7.92. The number of aromatic nitrogens is 1. The molecular weight excluding hydrogens is 290 g/mol. The number of amides is 1. The van der Waals surface area contributed by atoms with E-state index in [1.165, 1.54) is 0 Å². The van der Waals surface area contributed by atoms with Gasteiger partial charge in [0.25, 0.3) is 0 Å². The van der Waals surface area contributed by atoms with E-state index in [2.05, 4.69) is 9.71 Å². The summed E-state index contributed by atoms with van der Waals surface area (Å²) in [6.07, 6.45) is 1.20. The van der Waals surface area contributed by atoms with Gasteiger partial charge >= 0.3 is 0 Å². The number of carbonyl (C=O) groups excluding carboxylic acids is 1. The second kappa shape index (κ2) is 5.43. The fourth-order valence-corrected chi connectivity index (χ4v) is 3.31. The maximum Gasteiger partial charge on any atom is 0.231 e. The highest BCUT2D eigenvalue weighted by atomic mass is 32.2. The largest absolute Gasteiger partial charge is 0.396 e. The number of sulfonamides is 1. The van der Waals surface area contributed by atoms with Crippen molar-refractivity contribution >= 4 is 32.4 Å². The number of hydrogen-bond acceptors (Lipinski definition) is 6. The lowest BCUT2D eigenvalue weighted by Crippen LogP contribution is -2.51. The van der Waals surface area contributed by atoms with Crippen LogP contribution in [0, 0.1) is 5.92 Å². The third kappa shape index (κ3) is 3.88. The van der Waals surface area contributed by atoms with E-state index in [4.69, 9.17) is 5.11 Å². The van der Waals surface area contributed by atoms with Gasteiger partial charge in [-0.05, 0) is 0 Å². The zero-order valence-corrected chi connectivity index (χ0v) is 12.0. The molecular formula is C10H15N3O4S2. The van der Waals surface area contributed by atoms with Crippen molar-refractivity contribution in [3.05, 3.63) is 11.1 Å². The van der Waals surface area contributed by atoms with Crippen molar-refractivity contribution in [3.63, 3.8) is 0 Å². The summed E-state index contributed by atoms with van der Waals surface area (Å²) in [5, 5.41) is 10.8. The third-order valence-electron chi connectivity index (χ3n) is 2.72. The Hall–Kier alpha value is -1.19. The predicted molar refractivity (Wildman–Crippen MR) is 71.4 cm³/mol. The molecule has 1 aromatic rings. The Morgan fingerprint density at radius 1 is 1.63 bits per heavy atom. The van der Waals surface area contributed by atoms with Crippen LogP contribution in [0.5, 0.6) is 0 Å². The number of nitrogens with zero attached hydrogens (tertiary/aromatic N) is 2. The second-order valence-corrected chi connectivity index (χ2v) is 7.15. The van der Waals surface area contributed by atoms with Crippen molar-refractivity contribution in [3.8, 4) is 0 Å². The molecule has 1 amide bonds. The standard InChI is InChI=1S/C10H15N3O4S2/c1-19(16,17)12-10-11-8(6-18-10)2-9(15)13-3-7(4-13)5-14/h6-7,14H,2-5H2,1H3,(H,11,12). The van der Waals surface area contributed by atoms with Crippen molar-refractivity contribution in [1.82, 2.24) is 9.88 Å². The van der Waals surface area contributed by atoms with Gasteiger partial charge in [0, 0.05) is 31.0 Å². The Bertz CT molecular complexity index is 563. The van der Waals surface area contributed by atoms with Gasteiger partial charge in [0.15, 0.2) is 5.13 Å². The average Bonchev–Trinajstić information content (AvgIpc) is 2.60. The van der Waals surface area contributed by atoms with Crippen LogP contribution < -0.4 is 4.72 Å². The lowest BCUT2D eigenvalue weighted by Gasteiger charge is -2.38. The van der Waals surface area contributed by atoms with Crippen LogP contribution in [0.4, 0.5) is 5.13 Å². The van der Waals surface area contributed by atoms with Crippen LogP contribution in [0.15, 0.2) is 5.38 Å². The molecule has 2 rings (SSSR count). The number of aliphatic hydroxyl groups is 1. The Morgan fingerprint density at radius 2 is 2.32 bits per heavy atom. The lowest BCUT2D eigenvalue weighted by atomic mass is 10.0. The Morgan fingerprint density at radius 3 is 2.89 bits per heavy atom. The Labute approximate surface area is 115 Å². The number of nitrogens with one attached hydrogen (secondary N) is 1. The van der Waals surface area contributed by atoms with Crippen molar-refractivity contribution in [2.75, 3.05) is 30.7 Å². The fourth-order valence-electron chi connectivity index (χ4n) is 1.75. The van der Waals surface area contributed by atoms with E-state index in [1.807, 2.05) is 0 Å². The Kier molecular flexibility index (Phi) is 4.07. The summed E-state index contributed by atoms with van der Waals surface area (Å²) in [7, 11) is -3.34. The molecule has 0 bridgehead atoms. The number of hydrogen-bond donors (Lipinski definition) is 2. The van der Waals surface area contributed by atoms with Gasteiger partial charge in [-0.15, -0.1) is 11.3 Å². The molecule has 1 aromatic heterocycles. The summed E-state index contributed by atoms with van der Waals surface area (Å²) in [5.41, 5.74) is 0.550. The summed E-state index contributed by atoms with van der Waals surface area (Å²) in [6.45, 7) is 1.25. The van der Waals surface area contributed by atoms with Gasteiger partial charge in [-0.3, -0.25) is 9.52 Å².